The predicted octanol–water partition coefficient (Wildman–Crippen LogP) is 3.25. The Morgan fingerprint density at radius 1 is 1.15 bits per heavy atom. The summed E-state index contributed by atoms with van der Waals surface area (Å²) in [7, 11) is 1.71. The van der Waals surface area contributed by atoms with Gasteiger partial charge in [-0.25, -0.2) is 0 Å². The van der Waals surface area contributed by atoms with Crippen LogP contribution in [0.5, 0.6) is 0 Å². The smallest absolute Gasteiger partial charge is 0.0942 e. The van der Waals surface area contributed by atoms with Crippen LogP contribution >= 0.6 is 0 Å². The first-order valence-corrected chi connectivity index (χ1v) is 7.60. The molecule has 2 N–H and O–H groups in total. The van der Waals surface area contributed by atoms with Crippen molar-refractivity contribution in [3.63, 3.8) is 0 Å². The van der Waals surface area contributed by atoms with Crippen LogP contribution in [0.15, 0.2) is 24.3 Å². The van der Waals surface area contributed by atoms with Crippen LogP contribution in [0.25, 0.3) is 0 Å². The van der Waals surface area contributed by atoms with Crippen molar-refractivity contribution >= 4 is 0 Å². The maximum Gasteiger partial charge on any atom is 0.0942 e. The Morgan fingerprint density at radius 2 is 1.75 bits per heavy atom. The van der Waals surface area contributed by atoms with Gasteiger partial charge in [-0.2, -0.15) is 0 Å². The fourth-order valence-electron chi connectivity index (χ4n) is 2.29. The molecule has 3 heteroatoms. The maximum atomic E-state index is 10.5. The van der Waals surface area contributed by atoms with E-state index in [0.717, 1.165) is 31.6 Å². The molecule has 0 amide bonds. The van der Waals surface area contributed by atoms with Crippen LogP contribution in [0.3, 0.4) is 0 Å². The Balaban J connectivity index is 2.58. The van der Waals surface area contributed by atoms with Crippen LogP contribution in [0.2, 0.25) is 0 Å². The lowest BCUT2D eigenvalue weighted by Gasteiger charge is -2.23. The van der Waals surface area contributed by atoms with Gasteiger partial charge in [0.25, 0.3) is 0 Å². The molecule has 0 aliphatic rings. The normalized spacial score (nSPS) is 14.5. The molecule has 0 heterocycles. The van der Waals surface area contributed by atoms with Crippen molar-refractivity contribution in [3.8, 4) is 0 Å². The molecule has 0 saturated carbocycles. The molecule has 1 aromatic rings. The highest BCUT2D eigenvalue weighted by Gasteiger charge is 2.18. The molecule has 0 radical (unpaired) electrons. The van der Waals surface area contributed by atoms with Crippen molar-refractivity contribution in [1.82, 2.24) is 5.32 Å². The number of nitrogens with one attached hydrogen (secondary N) is 1. The van der Waals surface area contributed by atoms with Crippen molar-refractivity contribution in [1.29, 1.82) is 0 Å². The number of benzene rings is 1. The minimum atomic E-state index is -0.455. The summed E-state index contributed by atoms with van der Waals surface area (Å²) in [6.45, 7) is 8.07. The summed E-state index contributed by atoms with van der Waals surface area (Å²) in [6, 6.07) is 8.40. The van der Waals surface area contributed by atoms with Gasteiger partial charge < -0.3 is 15.2 Å². The average Bonchev–Trinajstić information content (AvgIpc) is 2.47. The highest BCUT2D eigenvalue weighted by molar-refractivity contribution is 5.26. The Kier molecular flexibility index (Phi) is 7.82. The van der Waals surface area contributed by atoms with E-state index in [1.165, 1.54) is 5.56 Å². The van der Waals surface area contributed by atoms with E-state index in [9.17, 15) is 5.11 Å². The quantitative estimate of drug-likeness (QED) is 0.682. The summed E-state index contributed by atoms with van der Waals surface area (Å²) in [5.41, 5.74) is 2.29. The molecule has 3 nitrogen and oxygen atoms in total. The number of methoxy groups -OCH3 is 1. The summed E-state index contributed by atoms with van der Waals surface area (Å²) in [5, 5.41) is 13.9. The van der Waals surface area contributed by atoms with E-state index in [1.54, 1.807) is 7.11 Å². The van der Waals surface area contributed by atoms with Gasteiger partial charge in [-0.1, -0.05) is 45.0 Å². The molecule has 2 unspecified atom stereocenters. The number of aliphatic hydroxyl groups is 1. The van der Waals surface area contributed by atoms with E-state index >= 15 is 0 Å². The van der Waals surface area contributed by atoms with Gasteiger partial charge in [-0.05, 0) is 36.4 Å². The number of ether oxygens (including phenoxy) is 1. The van der Waals surface area contributed by atoms with Crippen LogP contribution in [0.4, 0.5) is 0 Å². The first-order valence-electron chi connectivity index (χ1n) is 7.60. The molecule has 2 atom stereocenters. The molecule has 0 fully saturated rings. The van der Waals surface area contributed by atoms with Gasteiger partial charge in [0.05, 0.1) is 6.10 Å². The van der Waals surface area contributed by atoms with Crippen LogP contribution < -0.4 is 5.32 Å². The zero-order valence-electron chi connectivity index (χ0n) is 13.2. The lowest BCUT2D eigenvalue weighted by Crippen LogP contribution is -2.35. The molecule has 1 rings (SSSR count). The van der Waals surface area contributed by atoms with Gasteiger partial charge in [0.2, 0.25) is 0 Å². The lowest BCUT2D eigenvalue weighted by molar-refractivity contribution is 0.123. The molecule has 0 aromatic heterocycles. The molecule has 0 spiro atoms. The second-order valence-electron chi connectivity index (χ2n) is 5.58. The first kappa shape index (κ1) is 17.2. The molecule has 114 valence electrons. The van der Waals surface area contributed by atoms with Crippen LogP contribution in [-0.4, -0.2) is 31.4 Å². The van der Waals surface area contributed by atoms with Crippen LogP contribution in [0.1, 0.15) is 56.8 Å². The van der Waals surface area contributed by atoms with E-state index in [4.69, 9.17) is 4.74 Å². The Morgan fingerprint density at radius 3 is 2.25 bits per heavy atom. The van der Waals surface area contributed by atoms with E-state index in [0.29, 0.717) is 5.92 Å². The SMILES string of the molecule is CCC(NCCCOC)C(O)c1ccc(C(C)C)cc1. The second kappa shape index (κ2) is 9.11. The first-order chi connectivity index (χ1) is 9.60. The standard InChI is InChI=1S/C17H29NO2/c1-5-16(18-11-6-12-20-4)17(19)15-9-7-14(8-10-15)13(2)3/h7-10,13,16-19H,5-6,11-12H2,1-4H3. The predicted molar refractivity (Wildman–Crippen MR) is 84.1 cm³/mol. The molecule has 20 heavy (non-hydrogen) atoms. The average molecular weight is 279 g/mol. The molecule has 0 bridgehead atoms. The summed E-state index contributed by atoms with van der Waals surface area (Å²) < 4.78 is 5.04. The van der Waals surface area contributed by atoms with Crippen LogP contribution in [-0.2, 0) is 4.74 Å². The van der Waals surface area contributed by atoms with Gasteiger partial charge in [0.1, 0.15) is 0 Å². The van der Waals surface area contributed by atoms with Gasteiger partial charge >= 0.3 is 0 Å². The molecular weight excluding hydrogens is 250 g/mol. The van der Waals surface area contributed by atoms with E-state index in [-0.39, 0.29) is 6.04 Å². The summed E-state index contributed by atoms with van der Waals surface area (Å²) in [4.78, 5) is 0. The second-order valence-corrected chi connectivity index (χ2v) is 5.58. The van der Waals surface area contributed by atoms with Crippen molar-refractivity contribution in [2.45, 2.75) is 51.7 Å². The van der Waals surface area contributed by atoms with E-state index in [1.807, 2.05) is 12.1 Å². The fraction of sp³-hybridized carbons (Fsp3) is 0.647. The topological polar surface area (TPSA) is 41.5 Å². The number of hydrogen-bond acceptors (Lipinski definition) is 3. The van der Waals surface area contributed by atoms with E-state index < -0.39 is 6.10 Å². The molecule has 1 aromatic carbocycles. The third-order valence-electron chi connectivity index (χ3n) is 3.70. The Labute approximate surface area is 123 Å². The molecule has 0 aliphatic heterocycles. The van der Waals surface area contributed by atoms with Crippen molar-refractivity contribution in [2.75, 3.05) is 20.3 Å². The molecule has 0 aliphatic carbocycles. The highest BCUT2D eigenvalue weighted by atomic mass is 16.5. The fourth-order valence-corrected chi connectivity index (χ4v) is 2.29. The largest absolute Gasteiger partial charge is 0.387 e. The summed E-state index contributed by atoms with van der Waals surface area (Å²) in [6.07, 6.45) is 1.41. The number of hydrogen-bond donors (Lipinski definition) is 2. The van der Waals surface area contributed by atoms with Crippen molar-refractivity contribution in [3.05, 3.63) is 35.4 Å². The summed E-state index contributed by atoms with van der Waals surface area (Å²) in [5.74, 6) is 0.523. The van der Waals surface area contributed by atoms with Gasteiger partial charge in [-0.15, -0.1) is 0 Å². The van der Waals surface area contributed by atoms with Gasteiger partial charge in [0, 0.05) is 19.8 Å². The van der Waals surface area contributed by atoms with Gasteiger partial charge in [-0.3, -0.25) is 0 Å². The molecule has 0 saturated heterocycles. The maximum absolute atomic E-state index is 10.5. The Hall–Kier alpha value is -0.900. The highest BCUT2D eigenvalue weighted by Crippen LogP contribution is 2.22. The van der Waals surface area contributed by atoms with Gasteiger partial charge in [0.15, 0.2) is 0 Å². The van der Waals surface area contributed by atoms with Crippen molar-refractivity contribution < 1.29 is 9.84 Å². The minimum Gasteiger partial charge on any atom is -0.387 e. The zero-order chi connectivity index (χ0) is 15.0. The third kappa shape index (κ3) is 5.23. The molecular formula is C17H29NO2. The third-order valence-corrected chi connectivity index (χ3v) is 3.70. The van der Waals surface area contributed by atoms with Crippen molar-refractivity contribution in [2.24, 2.45) is 0 Å². The Bertz CT molecular complexity index is 362. The minimum absolute atomic E-state index is 0.0942. The van der Waals surface area contributed by atoms with E-state index in [2.05, 4.69) is 38.2 Å². The monoisotopic (exact) mass is 279 g/mol. The zero-order valence-corrected chi connectivity index (χ0v) is 13.2. The number of aliphatic hydroxyl groups excluding tert-OH is 1. The van der Waals surface area contributed by atoms with Crippen LogP contribution in [0, 0.1) is 0 Å². The summed E-state index contributed by atoms with van der Waals surface area (Å²) >= 11 is 0. The number of rotatable bonds is 9. The lowest BCUT2D eigenvalue weighted by atomic mass is 9.96.